The second-order valence-electron chi connectivity index (χ2n) is 6.78. The maximum atomic E-state index is 5.38. The summed E-state index contributed by atoms with van der Waals surface area (Å²) >= 11 is 0. The third kappa shape index (κ3) is 10.1. The minimum Gasteiger partial charge on any atom is -0.379 e. The molecule has 0 amide bonds. The summed E-state index contributed by atoms with van der Waals surface area (Å²) in [6, 6.07) is 0.628. The Morgan fingerprint density at radius 3 is 2.58 bits per heavy atom. The van der Waals surface area contributed by atoms with Crippen molar-refractivity contribution in [1.82, 2.24) is 20.4 Å². The molecule has 1 rings (SSSR count). The number of unbranched alkanes of at least 4 members (excludes halogenated alkanes) is 1. The van der Waals surface area contributed by atoms with Gasteiger partial charge in [-0.25, -0.2) is 0 Å². The van der Waals surface area contributed by atoms with Gasteiger partial charge in [-0.15, -0.1) is 0 Å². The van der Waals surface area contributed by atoms with Crippen LogP contribution in [0.2, 0.25) is 0 Å². The van der Waals surface area contributed by atoms with Crippen molar-refractivity contribution >= 4 is 5.96 Å². The summed E-state index contributed by atoms with van der Waals surface area (Å²) in [6.45, 7) is 15.5. The average Bonchev–Trinajstić information content (AvgIpc) is 2.58. The molecule has 0 aliphatic carbocycles. The summed E-state index contributed by atoms with van der Waals surface area (Å²) in [5.74, 6) is 0.955. The monoisotopic (exact) mass is 341 g/mol. The Balaban J connectivity index is 2.12. The summed E-state index contributed by atoms with van der Waals surface area (Å²) in [6.07, 6.45) is 3.50. The molecule has 0 atom stereocenters. The molecule has 142 valence electrons. The van der Waals surface area contributed by atoms with E-state index in [9.17, 15) is 0 Å². The summed E-state index contributed by atoms with van der Waals surface area (Å²) < 4.78 is 5.38. The van der Waals surface area contributed by atoms with Crippen molar-refractivity contribution in [3.8, 4) is 0 Å². The molecule has 0 aromatic heterocycles. The Labute approximate surface area is 149 Å². The van der Waals surface area contributed by atoms with Gasteiger partial charge in [0, 0.05) is 45.3 Å². The lowest BCUT2D eigenvalue weighted by atomic mass is 10.2. The Morgan fingerprint density at radius 2 is 1.92 bits per heavy atom. The molecule has 0 bridgehead atoms. The zero-order chi connectivity index (χ0) is 17.6. The number of hydrogen-bond donors (Lipinski definition) is 2. The van der Waals surface area contributed by atoms with E-state index in [2.05, 4.69) is 53.2 Å². The van der Waals surface area contributed by atoms with Gasteiger partial charge >= 0.3 is 0 Å². The van der Waals surface area contributed by atoms with Gasteiger partial charge in [0.25, 0.3) is 0 Å². The molecule has 1 aliphatic rings. The van der Waals surface area contributed by atoms with E-state index in [1.54, 1.807) is 0 Å². The van der Waals surface area contributed by atoms with E-state index in [1.165, 1.54) is 12.8 Å². The molecule has 0 aromatic rings. The minimum absolute atomic E-state index is 0.628. The molecule has 6 nitrogen and oxygen atoms in total. The van der Waals surface area contributed by atoms with Gasteiger partial charge in [0.15, 0.2) is 5.96 Å². The van der Waals surface area contributed by atoms with Crippen LogP contribution in [-0.4, -0.2) is 87.9 Å². The van der Waals surface area contributed by atoms with Gasteiger partial charge in [-0.3, -0.25) is 9.89 Å². The second kappa shape index (κ2) is 13.4. The maximum absolute atomic E-state index is 5.38. The predicted octanol–water partition coefficient (Wildman–Crippen LogP) is 1.38. The highest BCUT2D eigenvalue weighted by Gasteiger charge is 2.09. The highest BCUT2D eigenvalue weighted by Crippen LogP contribution is 1.99. The zero-order valence-electron chi connectivity index (χ0n) is 16.3. The van der Waals surface area contributed by atoms with Crippen molar-refractivity contribution in [3.05, 3.63) is 0 Å². The predicted molar refractivity (Wildman–Crippen MR) is 103 cm³/mol. The molecular weight excluding hydrogens is 302 g/mol. The number of aliphatic imine (C=N–C) groups is 1. The van der Waals surface area contributed by atoms with Crippen LogP contribution in [0.3, 0.4) is 0 Å². The molecule has 6 heteroatoms. The Hall–Kier alpha value is -0.850. The first-order chi connectivity index (χ1) is 11.6. The number of nitrogens with zero attached hydrogens (tertiary/aromatic N) is 3. The summed E-state index contributed by atoms with van der Waals surface area (Å²) in [5.41, 5.74) is 0. The first-order valence-corrected chi connectivity index (χ1v) is 9.66. The van der Waals surface area contributed by atoms with Crippen LogP contribution < -0.4 is 10.6 Å². The van der Waals surface area contributed by atoms with Crippen molar-refractivity contribution in [1.29, 1.82) is 0 Å². The van der Waals surface area contributed by atoms with E-state index in [0.717, 1.165) is 71.4 Å². The third-order valence-corrected chi connectivity index (χ3v) is 4.46. The Bertz CT molecular complexity index is 329. The van der Waals surface area contributed by atoms with Crippen LogP contribution in [-0.2, 0) is 4.74 Å². The summed E-state index contributed by atoms with van der Waals surface area (Å²) in [7, 11) is 2.19. The first-order valence-electron chi connectivity index (χ1n) is 9.66. The normalized spacial score (nSPS) is 16.8. The van der Waals surface area contributed by atoms with Gasteiger partial charge in [-0.2, -0.15) is 0 Å². The van der Waals surface area contributed by atoms with Crippen LogP contribution in [0.15, 0.2) is 4.99 Å². The topological polar surface area (TPSA) is 52.1 Å². The molecular formula is C18H39N5O. The lowest BCUT2D eigenvalue weighted by Crippen LogP contribution is -2.39. The van der Waals surface area contributed by atoms with Crippen molar-refractivity contribution in [3.63, 3.8) is 0 Å². The van der Waals surface area contributed by atoms with Crippen LogP contribution >= 0.6 is 0 Å². The maximum Gasteiger partial charge on any atom is 0.191 e. The zero-order valence-corrected chi connectivity index (χ0v) is 16.3. The largest absolute Gasteiger partial charge is 0.379 e. The SMILES string of the molecule is CCNC(=NCCCN1CCOCC1)NCCCCN(C)C(C)C. The van der Waals surface area contributed by atoms with E-state index in [4.69, 9.17) is 4.74 Å². The molecule has 0 unspecified atom stereocenters. The molecule has 0 saturated carbocycles. The molecule has 0 spiro atoms. The summed E-state index contributed by atoms with van der Waals surface area (Å²) in [4.78, 5) is 9.54. The number of nitrogens with one attached hydrogen (secondary N) is 2. The van der Waals surface area contributed by atoms with E-state index in [1.807, 2.05) is 0 Å². The number of hydrogen-bond acceptors (Lipinski definition) is 4. The highest BCUT2D eigenvalue weighted by atomic mass is 16.5. The van der Waals surface area contributed by atoms with E-state index in [-0.39, 0.29) is 0 Å². The molecule has 0 aromatic carbocycles. The lowest BCUT2D eigenvalue weighted by molar-refractivity contribution is 0.0377. The fourth-order valence-electron chi connectivity index (χ4n) is 2.60. The van der Waals surface area contributed by atoms with Crippen molar-refractivity contribution in [2.75, 3.05) is 66.1 Å². The fourth-order valence-corrected chi connectivity index (χ4v) is 2.60. The van der Waals surface area contributed by atoms with Crippen LogP contribution in [0.5, 0.6) is 0 Å². The van der Waals surface area contributed by atoms with Crippen molar-refractivity contribution in [2.24, 2.45) is 4.99 Å². The fraction of sp³-hybridized carbons (Fsp3) is 0.944. The molecule has 1 aliphatic heterocycles. The molecule has 0 radical (unpaired) electrons. The van der Waals surface area contributed by atoms with E-state index in [0.29, 0.717) is 6.04 Å². The van der Waals surface area contributed by atoms with Crippen molar-refractivity contribution < 1.29 is 4.74 Å². The first kappa shape index (κ1) is 21.2. The van der Waals surface area contributed by atoms with Gasteiger partial charge in [0.1, 0.15) is 0 Å². The standard InChI is InChI=1S/C18H39N5O/c1-5-19-18(20-9-6-7-11-22(4)17(2)3)21-10-8-12-23-13-15-24-16-14-23/h17H,5-16H2,1-4H3,(H2,19,20,21). The molecule has 1 heterocycles. The van der Waals surface area contributed by atoms with Crippen molar-refractivity contribution in [2.45, 2.75) is 46.1 Å². The van der Waals surface area contributed by atoms with Crippen LogP contribution in [0.25, 0.3) is 0 Å². The molecule has 1 fully saturated rings. The smallest absolute Gasteiger partial charge is 0.191 e. The molecule has 2 N–H and O–H groups in total. The van der Waals surface area contributed by atoms with Gasteiger partial charge in [0.2, 0.25) is 0 Å². The van der Waals surface area contributed by atoms with Gasteiger partial charge in [-0.1, -0.05) is 0 Å². The summed E-state index contributed by atoms with van der Waals surface area (Å²) in [5, 5.41) is 6.78. The molecule has 1 saturated heterocycles. The lowest BCUT2D eigenvalue weighted by Gasteiger charge is -2.26. The highest BCUT2D eigenvalue weighted by molar-refractivity contribution is 5.79. The third-order valence-electron chi connectivity index (χ3n) is 4.46. The second-order valence-corrected chi connectivity index (χ2v) is 6.78. The molecule has 24 heavy (non-hydrogen) atoms. The van der Waals surface area contributed by atoms with Gasteiger partial charge in [0.05, 0.1) is 13.2 Å². The van der Waals surface area contributed by atoms with E-state index < -0.39 is 0 Å². The number of guanidine groups is 1. The average molecular weight is 342 g/mol. The minimum atomic E-state index is 0.628. The van der Waals surface area contributed by atoms with Gasteiger partial charge < -0.3 is 20.3 Å². The Kier molecular flexibility index (Phi) is 11.9. The number of ether oxygens (including phenoxy) is 1. The van der Waals surface area contributed by atoms with Crippen LogP contribution in [0.4, 0.5) is 0 Å². The number of morpholine rings is 1. The number of rotatable bonds is 11. The van der Waals surface area contributed by atoms with E-state index >= 15 is 0 Å². The Morgan fingerprint density at radius 1 is 1.17 bits per heavy atom. The van der Waals surface area contributed by atoms with Crippen LogP contribution in [0.1, 0.15) is 40.0 Å². The van der Waals surface area contributed by atoms with Crippen LogP contribution in [0, 0.1) is 0 Å². The quantitative estimate of drug-likeness (QED) is 0.338. The van der Waals surface area contributed by atoms with Gasteiger partial charge in [-0.05, 0) is 53.6 Å².